The van der Waals surface area contributed by atoms with Crippen LogP contribution in [0.25, 0.3) is 0 Å². The standard InChI is InChI=1S/C11H12ClNO5/c1-18-11(17)9(12)5-13-10(16)6-2-7(14)4-8(15)3-6/h2-4,9,14-15H,5H2,1H3,(H,13,16). The molecule has 0 heterocycles. The zero-order valence-corrected chi connectivity index (χ0v) is 10.3. The van der Waals surface area contributed by atoms with Crippen LogP contribution >= 0.6 is 11.6 Å². The molecule has 1 unspecified atom stereocenters. The molecule has 1 amide bonds. The van der Waals surface area contributed by atoms with E-state index in [1.807, 2.05) is 0 Å². The summed E-state index contributed by atoms with van der Waals surface area (Å²) in [7, 11) is 1.19. The molecule has 0 saturated heterocycles. The van der Waals surface area contributed by atoms with E-state index in [9.17, 15) is 19.8 Å². The number of hydrogen-bond acceptors (Lipinski definition) is 5. The van der Waals surface area contributed by atoms with Crippen LogP contribution in [-0.2, 0) is 9.53 Å². The van der Waals surface area contributed by atoms with Crippen LogP contribution in [0.15, 0.2) is 18.2 Å². The van der Waals surface area contributed by atoms with Gasteiger partial charge in [0.2, 0.25) is 0 Å². The van der Waals surface area contributed by atoms with Crippen molar-refractivity contribution >= 4 is 23.5 Å². The average Bonchev–Trinajstić information content (AvgIpc) is 2.33. The van der Waals surface area contributed by atoms with Gasteiger partial charge in [-0.1, -0.05) is 0 Å². The van der Waals surface area contributed by atoms with Crippen LogP contribution in [0, 0.1) is 0 Å². The minimum Gasteiger partial charge on any atom is -0.508 e. The summed E-state index contributed by atoms with van der Waals surface area (Å²) in [6.45, 7) is -0.122. The van der Waals surface area contributed by atoms with Crippen molar-refractivity contribution in [1.82, 2.24) is 5.32 Å². The second-order valence-corrected chi connectivity index (χ2v) is 3.97. The first kappa shape index (κ1) is 14.1. The highest BCUT2D eigenvalue weighted by Crippen LogP contribution is 2.20. The van der Waals surface area contributed by atoms with Crippen LogP contribution in [0.1, 0.15) is 10.4 Å². The van der Waals surface area contributed by atoms with E-state index in [1.165, 1.54) is 19.2 Å². The lowest BCUT2D eigenvalue weighted by Gasteiger charge is -2.09. The first-order valence-electron chi connectivity index (χ1n) is 4.97. The van der Waals surface area contributed by atoms with E-state index in [4.69, 9.17) is 11.6 Å². The topological polar surface area (TPSA) is 95.9 Å². The molecule has 98 valence electrons. The first-order chi connectivity index (χ1) is 8.43. The number of carbonyl (C=O) groups excluding carboxylic acids is 2. The monoisotopic (exact) mass is 273 g/mol. The van der Waals surface area contributed by atoms with Crippen molar-refractivity contribution < 1.29 is 24.5 Å². The lowest BCUT2D eigenvalue weighted by Crippen LogP contribution is -2.34. The van der Waals surface area contributed by atoms with Gasteiger partial charge in [0.25, 0.3) is 5.91 Å². The first-order valence-corrected chi connectivity index (χ1v) is 5.41. The van der Waals surface area contributed by atoms with E-state index < -0.39 is 17.3 Å². The summed E-state index contributed by atoms with van der Waals surface area (Å²) in [6, 6.07) is 3.45. The van der Waals surface area contributed by atoms with Crippen LogP contribution in [0.3, 0.4) is 0 Å². The highest BCUT2D eigenvalue weighted by Gasteiger charge is 2.17. The minimum atomic E-state index is -0.996. The van der Waals surface area contributed by atoms with Crippen LogP contribution < -0.4 is 5.32 Å². The minimum absolute atomic E-state index is 0.0567. The van der Waals surface area contributed by atoms with Gasteiger partial charge in [-0.25, -0.2) is 0 Å². The molecule has 3 N–H and O–H groups in total. The summed E-state index contributed by atoms with van der Waals surface area (Å²) in [6.07, 6.45) is 0. The van der Waals surface area contributed by atoms with Gasteiger partial charge in [0.15, 0.2) is 0 Å². The van der Waals surface area contributed by atoms with E-state index in [0.717, 1.165) is 6.07 Å². The molecular weight excluding hydrogens is 262 g/mol. The maximum atomic E-state index is 11.6. The predicted octanol–water partition coefficient (Wildman–Crippen LogP) is 0.608. The molecule has 18 heavy (non-hydrogen) atoms. The number of esters is 1. The van der Waals surface area contributed by atoms with Gasteiger partial charge in [0.1, 0.15) is 16.9 Å². The number of hydrogen-bond donors (Lipinski definition) is 3. The quantitative estimate of drug-likeness (QED) is 0.552. The number of methoxy groups -OCH3 is 1. The van der Waals surface area contributed by atoms with Gasteiger partial charge in [-0.15, -0.1) is 11.6 Å². The van der Waals surface area contributed by atoms with Gasteiger partial charge < -0.3 is 20.3 Å². The normalized spacial score (nSPS) is 11.7. The van der Waals surface area contributed by atoms with Crippen molar-refractivity contribution in [2.24, 2.45) is 0 Å². The number of ether oxygens (including phenoxy) is 1. The smallest absolute Gasteiger partial charge is 0.325 e. The highest BCUT2D eigenvalue weighted by molar-refractivity contribution is 6.30. The molecule has 6 nitrogen and oxygen atoms in total. The maximum absolute atomic E-state index is 11.6. The van der Waals surface area contributed by atoms with Crippen molar-refractivity contribution in [2.75, 3.05) is 13.7 Å². The number of carbonyl (C=O) groups is 2. The lowest BCUT2D eigenvalue weighted by atomic mass is 10.2. The number of nitrogens with one attached hydrogen (secondary N) is 1. The summed E-state index contributed by atoms with van der Waals surface area (Å²) in [5, 5.41) is 19.8. The fraction of sp³-hybridized carbons (Fsp3) is 0.273. The van der Waals surface area contributed by atoms with Crippen LogP contribution in [-0.4, -0.2) is 41.1 Å². The van der Waals surface area contributed by atoms with E-state index >= 15 is 0 Å². The molecule has 1 atom stereocenters. The summed E-state index contributed by atoms with van der Waals surface area (Å²) in [5.74, 6) is -1.71. The highest BCUT2D eigenvalue weighted by atomic mass is 35.5. The molecule has 1 rings (SSSR count). The predicted molar refractivity (Wildman–Crippen MR) is 63.8 cm³/mol. The van der Waals surface area contributed by atoms with Crippen LogP contribution in [0.5, 0.6) is 11.5 Å². The zero-order valence-electron chi connectivity index (χ0n) is 9.51. The number of alkyl halides is 1. The number of phenols is 2. The molecule has 0 spiro atoms. The van der Waals surface area contributed by atoms with Crippen molar-refractivity contribution in [2.45, 2.75) is 5.38 Å². The number of benzene rings is 1. The number of halogens is 1. The second kappa shape index (κ2) is 6.11. The Balaban J connectivity index is 2.63. The van der Waals surface area contributed by atoms with Crippen LogP contribution in [0.2, 0.25) is 0 Å². The van der Waals surface area contributed by atoms with Crippen molar-refractivity contribution in [3.8, 4) is 11.5 Å². The Hall–Kier alpha value is -1.95. The Labute approximate surface area is 108 Å². The van der Waals surface area contributed by atoms with Gasteiger partial charge in [-0.05, 0) is 12.1 Å². The summed E-state index contributed by atoms with van der Waals surface area (Å²) in [4.78, 5) is 22.6. The molecule has 1 aromatic carbocycles. The second-order valence-electron chi connectivity index (χ2n) is 3.44. The van der Waals surface area contributed by atoms with Crippen LogP contribution in [0.4, 0.5) is 0 Å². The van der Waals surface area contributed by atoms with Crippen molar-refractivity contribution in [3.63, 3.8) is 0 Å². The molecule has 0 radical (unpaired) electrons. The molecule has 1 aromatic rings. The molecule has 0 aliphatic rings. The van der Waals surface area contributed by atoms with Gasteiger partial charge >= 0.3 is 5.97 Å². The number of phenolic OH excluding ortho intramolecular Hbond substituents is 2. The Kier molecular flexibility index (Phi) is 4.79. The van der Waals surface area contributed by atoms with E-state index in [0.29, 0.717) is 0 Å². The molecule has 0 aliphatic carbocycles. The third-order valence-electron chi connectivity index (χ3n) is 2.06. The zero-order chi connectivity index (χ0) is 13.7. The molecule has 0 bridgehead atoms. The third-order valence-corrected chi connectivity index (χ3v) is 2.40. The lowest BCUT2D eigenvalue weighted by molar-refractivity contribution is -0.140. The third kappa shape index (κ3) is 3.81. The maximum Gasteiger partial charge on any atom is 0.325 e. The molecule has 0 saturated carbocycles. The SMILES string of the molecule is COC(=O)C(Cl)CNC(=O)c1cc(O)cc(O)c1. The summed E-state index contributed by atoms with van der Waals surface area (Å²) in [5.41, 5.74) is 0.0567. The van der Waals surface area contributed by atoms with E-state index in [1.54, 1.807) is 0 Å². The Morgan fingerprint density at radius 2 is 1.89 bits per heavy atom. The van der Waals surface area contributed by atoms with Crippen molar-refractivity contribution in [1.29, 1.82) is 0 Å². The Bertz CT molecular complexity index is 442. The molecular formula is C11H12ClNO5. The number of aromatic hydroxyl groups is 2. The van der Waals surface area contributed by atoms with Crippen molar-refractivity contribution in [3.05, 3.63) is 23.8 Å². The molecule has 0 aromatic heterocycles. The summed E-state index contributed by atoms with van der Waals surface area (Å²) >= 11 is 5.64. The largest absolute Gasteiger partial charge is 0.508 e. The van der Waals surface area contributed by atoms with E-state index in [-0.39, 0.29) is 23.6 Å². The Morgan fingerprint density at radius 1 is 1.33 bits per heavy atom. The number of rotatable bonds is 4. The molecule has 7 heteroatoms. The Morgan fingerprint density at radius 3 is 2.39 bits per heavy atom. The summed E-state index contributed by atoms with van der Waals surface area (Å²) < 4.78 is 4.39. The average molecular weight is 274 g/mol. The van der Waals surface area contributed by atoms with Gasteiger partial charge in [-0.3, -0.25) is 9.59 Å². The fourth-order valence-electron chi connectivity index (χ4n) is 1.22. The fourth-order valence-corrected chi connectivity index (χ4v) is 1.39. The van der Waals surface area contributed by atoms with Gasteiger partial charge in [0, 0.05) is 18.2 Å². The molecule has 0 fully saturated rings. The molecule has 0 aliphatic heterocycles. The van der Waals surface area contributed by atoms with E-state index in [2.05, 4.69) is 10.1 Å². The number of amides is 1. The van der Waals surface area contributed by atoms with Gasteiger partial charge in [0.05, 0.1) is 7.11 Å². The van der Waals surface area contributed by atoms with Gasteiger partial charge in [-0.2, -0.15) is 0 Å².